The largest absolute Gasteiger partial charge is 0.303 e. The minimum Gasteiger partial charge on any atom is -0.303 e. The van der Waals surface area contributed by atoms with Gasteiger partial charge in [-0.05, 0) is 0 Å². The quantitative estimate of drug-likeness (QED) is 0.322. The number of hydrogen-bond acceptors (Lipinski definition) is 1. The average Bonchev–Trinajstić information content (AvgIpc) is 2.41. The zero-order valence-corrected chi connectivity index (χ0v) is 6.25. The molecule has 1 aliphatic heterocycles. The predicted octanol–water partition coefficient (Wildman–Crippen LogP) is 0.843. The van der Waals surface area contributed by atoms with Crippen molar-refractivity contribution in [2.45, 2.75) is 25.7 Å². The van der Waals surface area contributed by atoms with Crippen LogP contribution in [0.3, 0.4) is 0 Å². The van der Waals surface area contributed by atoms with E-state index in [2.05, 4.69) is 10.8 Å². The summed E-state index contributed by atoms with van der Waals surface area (Å²) in [4.78, 5) is 9.95. The lowest BCUT2D eigenvalue weighted by atomic mass is 10.3. The first-order valence-electron chi connectivity index (χ1n) is 3.94. The van der Waals surface area contributed by atoms with E-state index in [9.17, 15) is 4.79 Å². The fourth-order valence-corrected chi connectivity index (χ4v) is 1.24. The van der Waals surface area contributed by atoms with Crippen LogP contribution in [0.15, 0.2) is 0 Å². The van der Waals surface area contributed by atoms with Crippen molar-refractivity contribution in [2.75, 3.05) is 13.1 Å². The normalized spacial score (nSPS) is 17.0. The molecule has 0 amide bonds. The topological polar surface area (TPSA) is 20.1 Å². The molecule has 2 heteroatoms. The third-order valence-corrected chi connectivity index (χ3v) is 1.80. The summed E-state index contributed by atoms with van der Waals surface area (Å²) in [6, 6.07) is 0. The van der Waals surface area contributed by atoms with Gasteiger partial charge < -0.3 is 4.79 Å². The number of aldehydes is 1. The van der Waals surface area contributed by atoms with Crippen molar-refractivity contribution in [3.05, 3.63) is 0 Å². The van der Waals surface area contributed by atoms with Gasteiger partial charge in [0, 0.05) is 25.7 Å². The van der Waals surface area contributed by atoms with Crippen LogP contribution in [0.1, 0.15) is 25.7 Å². The molecule has 0 radical (unpaired) electrons. The number of carbonyl (C=O) groups excluding carboxylic acids is 1. The first-order valence-corrected chi connectivity index (χ1v) is 3.94. The van der Waals surface area contributed by atoms with Crippen LogP contribution in [0.5, 0.6) is 0 Å². The van der Waals surface area contributed by atoms with Crippen molar-refractivity contribution in [1.82, 2.24) is 0 Å². The van der Waals surface area contributed by atoms with Crippen LogP contribution in [0, 0.1) is 0 Å². The van der Waals surface area contributed by atoms with E-state index in [-0.39, 0.29) is 0 Å². The van der Waals surface area contributed by atoms with Crippen molar-refractivity contribution in [3.63, 3.8) is 0 Å². The van der Waals surface area contributed by atoms with E-state index in [1.807, 2.05) is 0 Å². The Morgan fingerprint density at radius 1 is 1.60 bits per heavy atom. The smallest absolute Gasteiger partial charge is 0.143 e. The molecule has 0 N–H and O–H groups in total. The van der Waals surface area contributed by atoms with Gasteiger partial charge in [0.15, 0.2) is 0 Å². The fourth-order valence-electron chi connectivity index (χ4n) is 1.24. The summed E-state index contributed by atoms with van der Waals surface area (Å²) in [5.41, 5.74) is 0. The van der Waals surface area contributed by atoms with Crippen molar-refractivity contribution in [3.8, 4) is 0 Å². The van der Waals surface area contributed by atoms with Gasteiger partial charge in [-0.25, -0.2) is 4.58 Å². The van der Waals surface area contributed by atoms with E-state index in [1.54, 1.807) is 0 Å². The molecule has 0 fully saturated rings. The van der Waals surface area contributed by atoms with Crippen LogP contribution in [0.25, 0.3) is 0 Å². The maximum absolute atomic E-state index is 9.95. The summed E-state index contributed by atoms with van der Waals surface area (Å²) in [5.74, 6) is 0. The van der Waals surface area contributed by atoms with Gasteiger partial charge in [0.05, 0.1) is 0 Å². The Hall–Kier alpha value is -0.660. The van der Waals surface area contributed by atoms with Crippen LogP contribution in [0.2, 0.25) is 0 Å². The molecule has 0 bridgehead atoms. The fraction of sp³-hybridized carbons (Fsp3) is 0.750. The highest BCUT2D eigenvalue weighted by Crippen LogP contribution is 1.97. The Morgan fingerprint density at radius 3 is 3.10 bits per heavy atom. The van der Waals surface area contributed by atoms with Gasteiger partial charge in [0.2, 0.25) is 0 Å². The molecule has 0 aliphatic carbocycles. The molecule has 0 atom stereocenters. The standard InChI is InChI=1S/C8H14NO/c10-8-4-3-7-9-5-1-2-6-9/h5,8H,1-4,6-7H2/q+1. The highest BCUT2D eigenvalue weighted by atomic mass is 16.1. The Labute approximate surface area is 61.6 Å². The SMILES string of the molecule is O=CCCC[N+]1=CCCC1. The maximum atomic E-state index is 9.95. The van der Waals surface area contributed by atoms with Crippen molar-refractivity contribution in [2.24, 2.45) is 0 Å². The van der Waals surface area contributed by atoms with Gasteiger partial charge in [-0.2, -0.15) is 0 Å². The summed E-state index contributed by atoms with van der Waals surface area (Å²) in [6.07, 6.45) is 7.48. The summed E-state index contributed by atoms with van der Waals surface area (Å²) >= 11 is 0. The lowest BCUT2D eigenvalue weighted by Gasteiger charge is -1.93. The summed E-state index contributed by atoms with van der Waals surface area (Å²) < 4.78 is 2.31. The molecule has 0 unspecified atom stereocenters. The number of hydrogen-bond donors (Lipinski definition) is 0. The molecule has 0 aromatic carbocycles. The Morgan fingerprint density at radius 2 is 2.50 bits per heavy atom. The van der Waals surface area contributed by atoms with Crippen molar-refractivity contribution in [1.29, 1.82) is 0 Å². The monoisotopic (exact) mass is 140 g/mol. The molecule has 1 rings (SSSR count). The van der Waals surface area contributed by atoms with Gasteiger partial charge in [-0.15, -0.1) is 0 Å². The third kappa shape index (κ3) is 2.29. The molecular weight excluding hydrogens is 126 g/mol. The zero-order valence-electron chi connectivity index (χ0n) is 6.25. The second-order valence-corrected chi connectivity index (χ2v) is 2.67. The molecule has 0 spiro atoms. The van der Waals surface area contributed by atoms with Crippen LogP contribution < -0.4 is 0 Å². The molecule has 1 heterocycles. The molecule has 0 saturated heterocycles. The molecule has 2 nitrogen and oxygen atoms in total. The van der Waals surface area contributed by atoms with E-state index in [1.165, 1.54) is 19.4 Å². The second kappa shape index (κ2) is 4.20. The van der Waals surface area contributed by atoms with Gasteiger partial charge in [-0.1, -0.05) is 0 Å². The summed E-state index contributed by atoms with van der Waals surface area (Å²) in [6.45, 7) is 2.26. The number of nitrogens with zero attached hydrogens (tertiary/aromatic N) is 1. The lowest BCUT2D eigenvalue weighted by Crippen LogP contribution is -2.10. The summed E-state index contributed by atoms with van der Waals surface area (Å²) in [7, 11) is 0. The van der Waals surface area contributed by atoms with E-state index in [0.717, 1.165) is 19.3 Å². The van der Waals surface area contributed by atoms with E-state index >= 15 is 0 Å². The first kappa shape index (κ1) is 7.45. The Balaban J connectivity index is 2.06. The highest BCUT2D eigenvalue weighted by Gasteiger charge is 2.08. The lowest BCUT2D eigenvalue weighted by molar-refractivity contribution is -0.516. The first-order chi connectivity index (χ1) is 4.93. The van der Waals surface area contributed by atoms with Gasteiger partial charge in [0.25, 0.3) is 0 Å². The molecule has 10 heavy (non-hydrogen) atoms. The van der Waals surface area contributed by atoms with Crippen molar-refractivity contribution >= 4 is 12.5 Å². The second-order valence-electron chi connectivity index (χ2n) is 2.67. The number of unbranched alkanes of at least 4 members (excludes halogenated alkanes) is 1. The molecular formula is C8H14NO+. The van der Waals surface area contributed by atoms with Crippen LogP contribution >= 0.6 is 0 Å². The van der Waals surface area contributed by atoms with Gasteiger partial charge in [0.1, 0.15) is 25.6 Å². The highest BCUT2D eigenvalue weighted by molar-refractivity contribution is 5.52. The minimum absolute atomic E-state index is 0.713. The van der Waals surface area contributed by atoms with Crippen LogP contribution in [-0.4, -0.2) is 30.2 Å². The molecule has 0 aromatic rings. The predicted molar refractivity (Wildman–Crippen MR) is 40.6 cm³/mol. The summed E-state index contributed by atoms with van der Waals surface area (Å²) in [5, 5.41) is 0. The van der Waals surface area contributed by atoms with Gasteiger partial charge >= 0.3 is 0 Å². The minimum atomic E-state index is 0.713. The van der Waals surface area contributed by atoms with E-state index in [0.29, 0.717) is 6.42 Å². The number of carbonyl (C=O) groups is 1. The molecule has 0 aromatic heterocycles. The van der Waals surface area contributed by atoms with E-state index in [4.69, 9.17) is 0 Å². The molecule has 56 valence electrons. The Bertz CT molecular complexity index is 140. The van der Waals surface area contributed by atoms with E-state index < -0.39 is 0 Å². The van der Waals surface area contributed by atoms with Crippen molar-refractivity contribution < 1.29 is 9.37 Å². The average molecular weight is 140 g/mol. The zero-order chi connectivity index (χ0) is 7.23. The van der Waals surface area contributed by atoms with Crippen LogP contribution in [0.4, 0.5) is 0 Å². The van der Waals surface area contributed by atoms with Gasteiger partial charge in [-0.3, -0.25) is 0 Å². The third-order valence-electron chi connectivity index (χ3n) is 1.80. The van der Waals surface area contributed by atoms with Crippen LogP contribution in [-0.2, 0) is 4.79 Å². The maximum Gasteiger partial charge on any atom is 0.143 e. The molecule has 0 saturated carbocycles. The number of rotatable bonds is 4. The molecule has 1 aliphatic rings. The Kier molecular flexibility index (Phi) is 3.13.